The SMILES string of the molecule is COc1ccccc1C1C(C(=O)Nc2cccc(C)c2C)=C(C)Nc2nc(SCc3ccccc3Cl)nn21. The Kier molecular flexibility index (Phi) is 7.44. The van der Waals surface area contributed by atoms with Crippen LogP contribution in [0.5, 0.6) is 5.75 Å². The first-order valence-electron chi connectivity index (χ1n) is 12.2. The Morgan fingerprint density at radius 2 is 1.84 bits per heavy atom. The van der Waals surface area contributed by atoms with E-state index in [0.29, 0.717) is 38.9 Å². The standard InChI is InChI=1S/C29H28ClN5O2S/c1-17-10-9-14-23(18(17)2)32-27(36)25-19(3)31-28-33-29(38-16-20-11-5-7-13-22(20)30)34-35(28)26(25)21-12-6-8-15-24(21)37-4/h5-15,26H,16H2,1-4H3,(H,32,36)(H,31,33,34). The monoisotopic (exact) mass is 545 g/mol. The summed E-state index contributed by atoms with van der Waals surface area (Å²) < 4.78 is 7.46. The number of thioether (sulfide) groups is 1. The molecule has 1 aliphatic heterocycles. The van der Waals surface area contributed by atoms with Gasteiger partial charge in [-0.3, -0.25) is 4.79 Å². The van der Waals surface area contributed by atoms with Crippen molar-refractivity contribution < 1.29 is 9.53 Å². The number of fused-ring (bicyclic) bond motifs is 1. The second kappa shape index (κ2) is 10.9. The number of hydrogen-bond acceptors (Lipinski definition) is 6. The van der Waals surface area contributed by atoms with E-state index in [1.165, 1.54) is 11.8 Å². The topological polar surface area (TPSA) is 81.1 Å². The Hall–Kier alpha value is -3.75. The highest BCUT2D eigenvalue weighted by molar-refractivity contribution is 7.98. The largest absolute Gasteiger partial charge is 0.496 e. The van der Waals surface area contributed by atoms with E-state index in [-0.39, 0.29) is 5.91 Å². The van der Waals surface area contributed by atoms with Crippen LogP contribution in [0.4, 0.5) is 11.6 Å². The Morgan fingerprint density at radius 3 is 2.63 bits per heavy atom. The highest BCUT2D eigenvalue weighted by atomic mass is 35.5. The number of halogens is 1. The Morgan fingerprint density at radius 1 is 1.08 bits per heavy atom. The second-order valence-corrected chi connectivity index (χ2v) is 10.4. The van der Waals surface area contributed by atoms with Crippen molar-refractivity contribution in [3.8, 4) is 5.75 Å². The summed E-state index contributed by atoms with van der Waals surface area (Å²) in [5, 5.41) is 12.5. The normalized spacial score (nSPS) is 14.6. The van der Waals surface area contributed by atoms with E-state index in [2.05, 4.69) is 10.6 Å². The van der Waals surface area contributed by atoms with Gasteiger partial charge in [0.15, 0.2) is 0 Å². The first-order chi connectivity index (χ1) is 18.4. The molecule has 1 atom stereocenters. The van der Waals surface area contributed by atoms with Crippen LogP contribution < -0.4 is 15.4 Å². The number of nitrogens with one attached hydrogen (secondary N) is 2. The van der Waals surface area contributed by atoms with Crippen LogP contribution in [0.1, 0.15) is 35.2 Å². The molecule has 3 aromatic carbocycles. The summed E-state index contributed by atoms with van der Waals surface area (Å²) in [6.07, 6.45) is 0. The second-order valence-electron chi connectivity index (χ2n) is 9.05. The summed E-state index contributed by atoms with van der Waals surface area (Å²) in [5.41, 5.74) is 5.96. The number of carbonyl (C=O) groups excluding carboxylic acids is 1. The summed E-state index contributed by atoms with van der Waals surface area (Å²) in [6.45, 7) is 5.91. The Bertz CT molecular complexity index is 1550. The van der Waals surface area contributed by atoms with E-state index in [1.54, 1.807) is 11.8 Å². The van der Waals surface area contributed by atoms with Gasteiger partial charge in [0.2, 0.25) is 11.1 Å². The van der Waals surface area contributed by atoms with Gasteiger partial charge in [-0.1, -0.05) is 71.9 Å². The number of methoxy groups -OCH3 is 1. The van der Waals surface area contributed by atoms with Gasteiger partial charge in [-0.25, -0.2) is 4.68 Å². The van der Waals surface area contributed by atoms with Gasteiger partial charge < -0.3 is 15.4 Å². The number of carbonyl (C=O) groups is 1. The van der Waals surface area contributed by atoms with E-state index >= 15 is 0 Å². The number of allylic oxidation sites excluding steroid dienone is 1. The molecule has 38 heavy (non-hydrogen) atoms. The smallest absolute Gasteiger partial charge is 0.255 e. The zero-order valence-electron chi connectivity index (χ0n) is 21.6. The summed E-state index contributed by atoms with van der Waals surface area (Å²) in [5.74, 6) is 1.62. The molecule has 0 radical (unpaired) electrons. The quantitative estimate of drug-likeness (QED) is 0.249. The van der Waals surface area contributed by atoms with Gasteiger partial charge in [0.1, 0.15) is 11.8 Å². The summed E-state index contributed by atoms with van der Waals surface area (Å²) >= 11 is 7.84. The number of rotatable bonds is 7. The maximum atomic E-state index is 13.9. The number of aryl methyl sites for hydroxylation is 1. The number of benzene rings is 3. The van der Waals surface area contributed by atoms with Crippen molar-refractivity contribution in [1.82, 2.24) is 14.8 Å². The number of ether oxygens (including phenoxy) is 1. The van der Waals surface area contributed by atoms with Crippen molar-refractivity contribution in [2.75, 3.05) is 17.7 Å². The number of nitrogens with zero attached hydrogens (tertiary/aromatic N) is 3. The molecule has 2 heterocycles. The molecular formula is C29H28ClN5O2S. The van der Waals surface area contributed by atoms with E-state index in [1.807, 2.05) is 87.5 Å². The molecule has 1 aliphatic rings. The highest BCUT2D eigenvalue weighted by Crippen LogP contribution is 2.40. The average molecular weight is 546 g/mol. The van der Waals surface area contributed by atoms with E-state index in [9.17, 15) is 4.79 Å². The van der Waals surface area contributed by atoms with Crippen LogP contribution in [0.25, 0.3) is 0 Å². The molecule has 5 rings (SSSR count). The molecule has 0 fully saturated rings. The molecule has 194 valence electrons. The number of hydrogen-bond donors (Lipinski definition) is 2. The lowest BCUT2D eigenvalue weighted by Crippen LogP contribution is -2.32. The fraction of sp³-hybridized carbons (Fsp3) is 0.207. The third-order valence-corrected chi connectivity index (χ3v) is 7.93. The first kappa shape index (κ1) is 25.9. The van der Waals surface area contributed by atoms with Crippen LogP contribution in [-0.2, 0) is 10.5 Å². The lowest BCUT2D eigenvalue weighted by Gasteiger charge is -2.29. The fourth-order valence-corrected chi connectivity index (χ4v) is 5.62. The van der Waals surface area contributed by atoms with E-state index < -0.39 is 6.04 Å². The number of para-hydroxylation sites is 1. The van der Waals surface area contributed by atoms with Crippen molar-refractivity contribution in [2.45, 2.75) is 37.7 Å². The summed E-state index contributed by atoms with van der Waals surface area (Å²) in [6, 6.07) is 20.7. The maximum absolute atomic E-state index is 13.9. The van der Waals surface area contributed by atoms with Crippen LogP contribution in [0, 0.1) is 13.8 Å². The minimum absolute atomic E-state index is 0.217. The van der Waals surface area contributed by atoms with Crippen LogP contribution in [0.3, 0.4) is 0 Å². The molecule has 9 heteroatoms. The van der Waals surface area contributed by atoms with Crippen LogP contribution in [0.15, 0.2) is 83.2 Å². The minimum Gasteiger partial charge on any atom is -0.496 e. The molecule has 0 spiro atoms. The molecule has 0 aliphatic carbocycles. The molecule has 2 N–H and O–H groups in total. The fourth-order valence-electron chi connectivity index (χ4n) is 4.50. The van der Waals surface area contributed by atoms with E-state index in [4.69, 9.17) is 26.4 Å². The lowest BCUT2D eigenvalue weighted by molar-refractivity contribution is -0.113. The van der Waals surface area contributed by atoms with Crippen LogP contribution in [-0.4, -0.2) is 27.8 Å². The van der Waals surface area contributed by atoms with Crippen molar-refractivity contribution in [3.63, 3.8) is 0 Å². The van der Waals surface area contributed by atoms with Crippen molar-refractivity contribution in [1.29, 1.82) is 0 Å². The molecule has 0 saturated heterocycles. The molecule has 0 bridgehead atoms. The van der Waals surface area contributed by atoms with Gasteiger partial charge in [0.25, 0.3) is 5.91 Å². The lowest BCUT2D eigenvalue weighted by atomic mass is 9.94. The molecule has 7 nitrogen and oxygen atoms in total. The van der Waals surface area contributed by atoms with Gasteiger partial charge in [0, 0.05) is 27.7 Å². The van der Waals surface area contributed by atoms with Gasteiger partial charge in [0.05, 0.1) is 12.7 Å². The minimum atomic E-state index is -0.547. The molecule has 4 aromatic rings. The zero-order valence-corrected chi connectivity index (χ0v) is 23.2. The summed E-state index contributed by atoms with van der Waals surface area (Å²) in [7, 11) is 1.62. The third-order valence-electron chi connectivity index (χ3n) is 6.68. The van der Waals surface area contributed by atoms with Gasteiger partial charge in [-0.2, -0.15) is 4.98 Å². The predicted molar refractivity (Wildman–Crippen MR) is 153 cm³/mol. The van der Waals surface area contributed by atoms with E-state index in [0.717, 1.165) is 27.9 Å². The molecule has 0 saturated carbocycles. The van der Waals surface area contributed by atoms with Gasteiger partial charge in [-0.15, -0.1) is 5.10 Å². The van der Waals surface area contributed by atoms with Crippen LogP contribution in [0.2, 0.25) is 5.02 Å². The molecular weight excluding hydrogens is 518 g/mol. The predicted octanol–water partition coefficient (Wildman–Crippen LogP) is 6.78. The Labute approximate surface area is 231 Å². The van der Waals surface area contributed by atoms with Gasteiger partial charge in [-0.05, 0) is 55.7 Å². The number of amides is 1. The van der Waals surface area contributed by atoms with Gasteiger partial charge >= 0.3 is 0 Å². The average Bonchev–Trinajstić information content (AvgIpc) is 3.32. The zero-order chi connectivity index (χ0) is 26.8. The van der Waals surface area contributed by atoms with Crippen LogP contribution >= 0.6 is 23.4 Å². The molecule has 1 aromatic heterocycles. The highest BCUT2D eigenvalue weighted by Gasteiger charge is 2.36. The van der Waals surface area contributed by atoms with Crippen molar-refractivity contribution in [3.05, 3.63) is 105 Å². The summed E-state index contributed by atoms with van der Waals surface area (Å²) in [4.78, 5) is 18.6. The van der Waals surface area contributed by atoms with Crippen molar-refractivity contribution >= 4 is 40.9 Å². The van der Waals surface area contributed by atoms with Crippen molar-refractivity contribution in [2.24, 2.45) is 0 Å². The molecule has 1 amide bonds. The molecule has 1 unspecified atom stereocenters. The third kappa shape index (κ3) is 5.01. The number of anilines is 2. The first-order valence-corrected chi connectivity index (χ1v) is 13.5. The number of aromatic nitrogens is 3. The Balaban J connectivity index is 1.54. The maximum Gasteiger partial charge on any atom is 0.255 e.